The first-order valence-electron chi connectivity index (χ1n) is 6.23. The van der Waals surface area contributed by atoms with Crippen molar-refractivity contribution in [1.29, 1.82) is 0 Å². The van der Waals surface area contributed by atoms with Gasteiger partial charge in [-0.05, 0) is 49.4 Å². The van der Waals surface area contributed by atoms with Crippen molar-refractivity contribution >= 4 is 0 Å². The summed E-state index contributed by atoms with van der Waals surface area (Å²) < 4.78 is 19.2. The largest absolute Gasteiger partial charge is 0.497 e. The minimum atomic E-state index is -0.201. The molecule has 2 aromatic carbocycles. The molecule has 0 amide bonds. The molecule has 0 aliphatic carbocycles. The summed E-state index contributed by atoms with van der Waals surface area (Å²) in [6.45, 7) is 2.63. The monoisotopic (exact) mass is 259 g/mol. The van der Waals surface area contributed by atoms with Crippen LogP contribution >= 0.6 is 0 Å². The molecule has 0 bridgehead atoms. The average molecular weight is 259 g/mol. The normalized spacial score (nSPS) is 10.5. The van der Waals surface area contributed by atoms with E-state index in [0.29, 0.717) is 12.1 Å². The molecule has 3 heteroatoms. The molecule has 0 spiro atoms. The highest BCUT2D eigenvalue weighted by atomic mass is 19.1. The Morgan fingerprint density at radius 2 is 1.89 bits per heavy atom. The highest BCUT2D eigenvalue weighted by Gasteiger charge is 2.11. The number of hydrogen-bond donors (Lipinski definition) is 1. The molecule has 0 aromatic heterocycles. The van der Waals surface area contributed by atoms with E-state index in [4.69, 9.17) is 4.74 Å². The highest BCUT2D eigenvalue weighted by Crippen LogP contribution is 2.30. The quantitative estimate of drug-likeness (QED) is 0.907. The number of hydrogen-bond acceptors (Lipinski definition) is 2. The second-order valence-electron chi connectivity index (χ2n) is 4.54. The van der Waals surface area contributed by atoms with E-state index in [9.17, 15) is 4.39 Å². The number of benzene rings is 2. The van der Waals surface area contributed by atoms with Crippen molar-refractivity contribution in [3.05, 3.63) is 53.3 Å². The zero-order chi connectivity index (χ0) is 13.8. The third kappa shape index (κ3) is 2.93. The number of rotatable bonds is 4. The standard InChI is InChI=1S/C16H18FNO/c1-11-4-7-16(17)15(8-11)14-6-5-13(19-3)9-12(14)10-18-2/h4-9,18H,10H2,1-3H3. The van der Waals surface area contributed by atoms with Gasteiger partial charge in [0.1, 0.15) is 11.6 Å². The van der Waals surface area contributed by atoms with E-state index in [-0.39, 0.29) is 5.82 Å². The van der Waals surface area contributed by atoms with Crippen LogP contribution in [0.1, 0.15) is 11.1 Å². The second kappa shape index (κ2) is 5.85. The molecular formula is C16H18FNO. The number of nitrogens with one attached hydrogen (secondary N) is 1. The van der Waals surface area contributed by atoms with Crippen LogP contribution in [0.25, 0.3) is 11.1 Å². The van der Waals surface area contributed by atoms with E-state index in [2.05, 4.69) is 5.32 Å². The molecular weight excluding hydrogens is 241 g/mol. The zero-order valence-electron chi connectivity index (χ0n) is 11.5. The number of aryl methyl sites for hydroxylation is 1. The van der Waals surface area contributed by atoms with Crippen LogP contribution in [0.3, 0.4) is 0 Å². The number of halogens is 1. The van der Waals surface area contributed by atoms with Crippen molar-refractivity contribution in [3.8, 4) is 16.9 Å². The molecule has 2 aromatic rings. The Balaban J connectivity index is 2.57. The van der Waals surface area contributed by atoms with Gasteiger partial charge in [-0.2, -0.15) is 0 Å². The van der Waals surface area contributed by atoms with E-state index in [1.54, 1.807) is 13.2 Å². The van der Waals surface area contributed by atoms with Crippen LogP contribution in [-0.4, -0.2) is 14.2 Å². The van der Waals surface area contributed by atoms with Crippen molar-refractivity contribution in [3.63, 3.8) is 0 Å². The summed E-state index contributed by atoms with van der Waals surface area (Å²) in [6, 6.07) is 10.9. The predicted octanol–water partition coefficient (Wildman–Crippen LogP) is 3.53. The van der Waals surface area contributed by atoms with Gasteiger partial charge in [0.25, 0.3) is 0 Å². The van der Waals surface area contributed by atoms with Crippen molar-refractivity contribution < 1.29 is 9.13 Å². The number of methoxy groups -OCH3 is 1. The second-order valence-corrected chi connectivity index (χ2v) is 4.54. The van der Waals surface area contributed by atoms with Crippen molar-refractivity contribution in [2.75, 3.05) is 14.2 Å². The van der Waals surface area contributed by atoms with Gasteiger partial charge in [-0.1, -0.05) is 17.7 Å². The molecule has 0 radical (unpaired) electrons. The molecule has 0 aliphatic heterocycles. The van der Waals surface area contributed by atoms with Crippen molar-refractivity contribution in [2.24, 2.45) is 0 Å². The smallest absolute Gasteiger partial charge is 0.131 e. The Hall–Kier alpha value is -1.87. The van der Waals surface area contributed by atoms with Crippen molar-refractivity contribution in [1.82, 2.24) is 5.32 Å². The van der Waals surface area contributed by atoms with Gasteiger partial charge in [0.15, 0.2) is 0 Å². The third-order valence-electron chi connectivity index (χ3n) is 3.09. The molecule has 0 aliphatic rings. The molecule has 0 saturated heterocycles. The molecule has 0 heterocycles. The Labute approximate surface area is 113 Å². The van der Waals surface area contributed by atoms with E-state index >= 15 is 0 Å². The molecule has 0 saturated carbocycles. The Bertz CT molecular complexity index is 581. The molecule has 19 heavy (non-hydrogen) atoms. The van der Waals surface area contributed by atoms with Crippen molar-refractivity contribution in [2.45, 2.75) is 13.5 Å². The summed E-state index contributed by atoms with van der Waals surface area (Å²) in [7, 11) is 3.50. The first-order chi connectivity index (χ1) is 9.15. The summed E-state index contributed by atoms with van der Waals surface area (Å²) in [6.07, 6.45) is 0. The first kappa shape index (κ1) is 13.6. The molecule has 100 valence electrons. The van der Waals surface area contributed by atoms with Crippen LogP contribution < -0.4 is 10.1 Å². The van der Waals surface area contributed by atoms with Gasteiger partial charge in [-0.3, -0.25) is 0 Å². The van der Waals surface area contributed by atoms with Crippen LogP contribution in [0.15, 0.2) is 36.4 Å². The first-order valence-corrected chi connectivity index (χ1v) is 6.23. The van der Waals surface area contributed by atoms with Gasteiger partial charge >= 0.3 is 0 Å². The fourth-order valence-corrected chi connectivity index (χ4v) is 2.14. The molecule has 2 rings (SSSR count). The summed E-state index contributed by atoms with van der Waals surface area (Å²) in [4.78, 5) is 0. The Morgan fingerprint density at radius 1 is 1.11 bits per heavy atom. The number of ether oxygens (including phenoxy) is 1. The fraction of sp³-hybridized carbons (Fsp3) is 0.250. The molecule has 0 fully saturated rings. The van der Waals surface area contributed by atoms with Crippen LogP contribution in [0, 0.1) is 12.7 Å². The summed E-state index contributed by atoms with van der Waals surface area (Å²) >= 11 is 0. The van der Waals surface area contributed by atoms with Gasteiger partial charge in [0, 0.05) is 12.1 Å². The van der Waals surface area contributed by atoms with Crippen LogP contribution in [0.5, 0.6) is 5.75 Å². The summed E-state index contributed by atoms with van der Waals surface area (Å²) in [5.41, 5.74) is 3.60. The predicted molar refractivity (Wildman–Crippen MR) is 75.9 cm³/mol. The highest BCUT2D eigenvalue weighted by molar-refractivity contribution is 5.69. The fourth-order valence-electron chi connectivity index (χ4n) is 2.14. The Kier molecular flexibility index (Phi) is 4.17. The lowest BCUT2D eigenvalue weighted by Gasteiger charge is -2.13. The lowest BCUT2D eigenvalue weighted by Crippen LogP contribution is -2.07. The maximum atomic E-state index is 14.0. The lowest BCUT2D eigenvalue weighted by molar-refractivity contribution is 0.414. The van der Waals surface area contributed by atoms with Gasteiger partial charge in [-0.15, -0.1) is 0 Å². The minimum Gasteiger partial charge on any atom is -0.497 e. The molecule has 0 atom stereocenters. The molecule has 2 nitrogen and oxygen atoms in total. The maximum absolute atomic E-state index is 14.0. The van der Waals surface area contributed by atoms with E-state index in [1.165, 1.54) is 6.07 Å². The Morgan fingerprint density at radius 3 is 2.58 bits per heavy atom. The van der Waals surface area contributed by atoms with Gasteiger partial charge < -0.3 is 10.1 Å². The minimum absolute atomic E-state index is 0.201. The van der Waals surface area contributed by atoms with Gasteiger partial charge in [0.05, 0.1) is 7.11 Å². The molecule has 1 N–H and O–H groups in total. The van der Waals surface area contributed by atoms with E-state index < -0.39 is 0 Å². The van der Waals surface area contributed by atoms with Gasteiger partial charge in [-0.25, -0.2) is 4.39 Å². The van der Waals surface area contributed by atoms with Crippen LogP contribution in [0.2, 0.25) is 0 Å². The maximum Gasteiger partial charge on any atom is 0.131 e. The SMILES string of the molecule is CNCc1cc(OC)ccc1-c1cc(C)ccc1F. The lowest BCUT2D eigenvalue weighted by atomic mass is 9.97. The van der Waals surface area contributed by atoms with E-state index in [0.717, 1.165) is 22.4 Å². The topological polar surface area (TPSA) is 21.3 Å². The third-order valence-corrected chi connectivity index (χ3v) is 3.09. The average Bonchev–Trinajstić information content (AvgIpc) is 2.42. The van der Waals surface area contributed by atoms with E-state index in [1.807, 2.05) is 38.2 Å². The zero-order valence-corrected chi connectivity index (χ0v) is 11.5. The van der Waals surface area contributed by atoms with Crippen LogP contribution in [-0.2, 0) is 6.54 Å². The summed E-state index contributed by atoms with van der Waals surface area (Å²) in [5, 5.41) is 3.10. The van der Waals surface area contributed by atoms with Crippen LogP contribution in [0.4, 0.5) is 4.39 Å². The summed E-state index contributed by atoms with van der Waals surface area (Å²) in [5.74, 6) is 0.579. The van der Waals surface area contributed by atoms with Gasteiger partial charge in [0.2, 0.25) is 0 Å². The molecule has 0 unspecified atom stereocenters.